The molecule has 1 aliphatic heterocycles. The Hall–Kier alpha value is -2.41. The van der Waals surface area contributed by atoms with E-state index < -0.39 is 0 Å². The Labute approximate surface area is 172 Å². The minimum absolute atomic E-state index is 0.745. The van der Waals surface area contributed by atoms with E-state index in [1.165, 1.54) is 37.3 Å². The molecule has 6 heteroatoms. The average molecular weight is 394 g/mol. The van der Waals surface area contributed by atoms with E-state index in [2.05, 4.69) is 56.5 Å². The number of nitrogens with one attached hydrogen (secondary N) is 2. The summed E-state index contributed by atoms with van der Waals surface area (Å²) in [7, 11) is 0. The van der Waals surface area contributed by atoms with E-state index in [1.54, 1.807) is 0 Å². The summed E-state index contributed by atoms with van der Waals surface area (Å²) < 4.78 is 5.72. The monoisotopic (exact) mass is 393 g/mol. The molecule has 6 nitrogen and oxygen atoms in total. The van der Waals surface area contributed by atoms with Crippen LogP contribution in [0.15, 0.2) is 47.0 Å². The topological polar surface area (TPSA) is 60.3 Å². The first kappa shape index (κ1) is 19.9. The van der Waals surface area contributed by atoms with E-state index in [0.29, 0.717) is 0 Å². The molecule has 3 heterocycles. The van der Waals surface area contributed by atoms with Crippen LogP contribution >= 0.6 is 0 Å². The number of likely N-dealkylation sites (N-methyl/N-ethyl adjacent to an activating group) is 1. The Balaban J connectivity index is 1.26. The van der Waals surface area contributed by atoms with Gasteiger partial charge in [0.05, 0.1) is 6.20 Å². The third kappa shape index (κ3) is 5.15. The van der Waals surface area contributed by atoms with Gasteiger partial charge in [0.2, 0.25) is 0 Å². The summed E-state index contributed by atoms with van der Waals surface area (Å²) in [5, 5.41) is 10.7. The SMILES string of the molecule is CCN1CCN(Cc2ccc(CNCc3cn[nH]c3-c3ccc(C)o3)cc2)CC1. The van der Waals surface area contributed by atoms with Crippen molar-refractivity contribution in [2.45, 2.75) is 33.5 Å². The first-order valence-corrected chi connectivity index (χ1v) is 10.5. The standard InChI is InChI=1S/C23H31N5O/c1-3-27-10-12-28(13-11-27)17-20-7-5-19(6-8-20)14-24-15-21-16-25-26-23(21)22-9-4-18(2)29-22/h4-9,16,24H,3,10-15,17H2,1-2H3,(H,25,26). The zero-order valence-corrected chi connectivity index (χ0v) is 17.4. The predicted octanol–water partition coefficient (Wildman–Crippen LogP) is 3.41. The second-order valence-corrected chi connectivity index (χ2v) is 7.81. The summed E-state index contributed by atoms with van der Waals surface area (Å²) in [6.45, 7) is 12.7. The number of hydrogen-bond acceptors (Lipinski definition) is 5. The van der Waals surface area contributed by atoms with Crippen molar-refractivity contribution >= 4 is 0 Å². The molecule has 0 saturated carbocycles. The third-order valence-corrected chi connectivity index (χ3v) is 5.69. The number of hydrogen-bond donors (Lipinski definition) is 2. The van der Waals surface area contributed by atoms with Crippen LogP contribution in [0.2, 0.25) is 0 Å². The second-order valence-electron chi connectivity index (χ2n) is 7.81. The van der Waals surface area contributed by atoms with Crippen molar-refractivity contribution in [2.24, 2.45) is 0 Å². The van der Waals surface area contributed by atoms with E-state index in [-0.39, 0.29) is 0 Å². The molecule has 0 radical (unpaired) electrons. The molecule has 1 aliphatic rings. The number of H-pyrrole nitrogens is 1. The van der Waals surface area contributed by atoms with Crippen LogP contribution in [0.4, 0.5) is 0 Å². The molecule has 1 saturated heterocycles. The van der Waals surface area contributed by atoms with Gasteiger partial charge in [0, 0.05) is 51.4 Å². The maximum absolute atomic E-state index is 5.72. The van der Waals surface area contributed by atoms with Gasteiger partial charge < -0.3 is 14.6 Å². The highest BCUT2D eigenvalue weighted by Gasteiger charge is 2.15. The van der Waals surface area contributed by atoms with E-state index in [9.17, 15) is 0 Å². The number of aryl methyl sites for hydroxylation is 1. The highest BCUT2D eigenvalue weighted by atomic mass is 16.3. The lowest BCUT2D eigenvalue weighted by molar-refractivity contribution is 0.132. The number of nitrogens with zero attached hydrogens (tertiary/aromatic N) is 3. The van der Waals surface area contributed by atoms with Crippen LogP contribution in [0.25, 0.3) is 11.5 Å². The molecule has 0 aliphatic carbocycles. The van der Waals surface area contributed by atoms with Gasteiger partial charge in [-0.3, -0.25) is 10.00 Å². The van der Waals surface area contributed by atoms with E-state index in [4.69, 9.17) is 4.42 Å². The van der Waals surface area contributed by atoms with Crippen molar-refractivity contribution in [1.82, 2.24) is 25.3 Å². The van der Waals surface area contributed by atoms with Gasteiger partial charge in [-0.05, 0) is 36.7 Å². The van der Waals surface area contributed by atoms with Gasteiger partial charge in [0.25, 0.3) is 0 Å². The van der Waals surface area contributed by atoms with Crippen molar-refractivity contribution < 1.29 is 4.42 Å². The highest BCUT2D eigenvalue weighted by molar-refractivity contribution is 5.56. The summed E-state index contributed by atoms with van der Waals surface area (Å²) in [4.78, 5) is 5.07. The molecule has 29 heavy (non-hydrogen) atoms. The van der Waals surface area contributed by atoms with Crippen molar-refractivity contribution in [2.75, 3.05) is 32.7 Å². The Morgan fingerprint density at radius 1 is 0.966 bits per heavy atom. The fraction of sp³-hybridized carbons (Fsp3) is 0.435. The molecule has 4 rings (SSSR count). The molecule has 2 aromatic heterocycles. The fourth-order valence-electron chi connectivity index (χ4n) is 3.85. The normalized spacial score (nSPS) is 15.8. The number of furan rings is 1. The number of rotatable bonds is 8. The Bertz CT molecular complexity index is 890. The number of aromatic amines is 1. The van der Waals surface area contributed by atoms with Gasteiger partial charge >= 0.3 is 0 Å². The lowest BCUT2D eigenvalue weighted by atomic mass is 10.1. The molecule has 3 aromatic rings. The van der Waals surface area contributed by atoms with Gasteiger partial charge in [0.15, 0.2) is 5.76 Å². The van der Waals surface area contributed by atoms with Crippen LogP contribution in [0, 0.1) is 6.92 Å². The van der Waals surface area contributed by atoms with Gasteiger partial charge in [0.1, 0.15) is 11.5 Å². The first-order valence-electron chi connectivity index (χ1n) is 10.5. The van der Waals surface area contributed by atoms with Crippen molar-refractivity contribution in [1.29, 1.82) is 0 Å². The first-order chi connectivity index (χ1) is 14.2. The quantitative estimate of drug-likeness (QED) is 0.614. The van der Waals surface area contributed by atoms with Crippen LogP contribution in [0.1, 0.15) is 29.4 Å². The number of aromatic nitrogens is 2. The summed E-state index contributed by atoms with van der Waals surface area (Å²) in [5.41, 5.74) is 4.75. The molecule has 154 valence electrons. The molecule has 0 unspecified atom stereocenters. The lowest BCUT2D eigenvalue weighted by Crippen LogP contribution is -2.45. The van der Waals surface area contributed by atoms with Crippen LogP contribution in [0.3, 0.4) is 0 Å². The Morgan fingerprint density at radius 2 is 1.69 bits per heavy atom. The largest absolute Gasteiger partial charge is 0.460 e. The molecule has 1 aromatic carbocycles. The minimum Gasteiger partial charge on any atom is -0.460 e. The van der Waals surface area contributed by atoms with Crippen molar-refractivity contribution in [3.05, 3.63) is 65.0 Å². The highest BCUT2D eigenvalue weighted by Crippen LogP contribution is 2.23. The van der Waals surface area contributed by atoms with Crippen LogP contribution in [0.5, 0.6) is 0 Å². The Kier molecular flexibility index (Phi) is 6.44. The average Bonchev–Trinajstić information content (AvgIpc) is 3.38. The van der Waals surface area contributed by atoms with Gasteiger partial charge in [-0.2, -0.15) is 5.10 Å². The van der Waals surface area contributed by atoms with E-state index in [1.807, 2.05) is 25.3 Å². The maximum atomic E-state index is 5.72. The van der Waals surface area contributed by atoms with Crippen molar-refractivity contribution in [3.63, 3.8) is 0 Å². The number of benzene rings is 1. The van der Waals surface area contributed by atoms with Crippen molar-refractivity contribution in [3.8, 4) is 11.5 Å². The molecule has 0 bridgehead atoms. The van der Waals surface area contributed by atoms with E-state index >= 15 is 0 Å². The Morgan fingerprint density at radius 3 is 2.38 bits per heavy atom. The number of piperazine rings is 1. The van der Waals surface area contributed by atoms with Crippen LogP contribution < -0.4 is 5.32 Å². The van der Waals surface area contributed by atoms with Gasteiger partial charge in [-0.1, -0.05) is 31.2 Å². The maximum Gasteiger partial charge on any atom is 0.152 e. The smallest absolute Gasteiger partial charge is 0.152 e. The second kappa shape index (κ2) is 9.39. The van der Waals surface area contributed by atoms with Gasteiger partial charge in [-0.15, -0.1) is 0 Å². The summed E-state index contributed by atoms with van der Waals surface area (Å²) in [6.07, 6.45) is 1.86. The van der Waals surface area contributed by atoms with Crippen LogP contribution in [-0.4, -0.2) is 52.7 Å². The molecule has 1 fully saturated rings. The van der Waals surface area contributed by atoms with E-state index in [0.717, 1.165) is 49.0 Å². The molecular formula is C23H31N5O. The third-order valence-electron chi connectivity index (χ3n) is 5.69. The zero-order valence-electron chi connectivity index (χ0n) is 17.4. The fourth-order valence-corrected chi connectivity index (χ4v) is 3.85. The summed E-state index contributed by atoms with van der Waals surface area (Å²) in [5.74, 6) is 1.74. The molecular weight excluding hydrogens is 362 g/mol. The molecule has 0 spiro atoms. The minimum atomic E-state index is 0.745. The molecule has 0 atom stereocenters. The summed E-state index contributed by atoms with van der Waals surface area (Å²) in [6, 6.07) is 12.9. The lowest BCUT2D eigenvalue weighted by Gasteiger charge is -2.34. The predicted molar refractivity (Wildman–Crippen MR) is 115 cm³/mol. The molecule has 2 N–H and O–H groups in total. The summed E-state index contributed by atoms with van der Waals surface area (Å²) >= 11 is 0. The van der Waals surface area contributed by atoms with Crippen LogP contribution in [-0.2, 0) is 19.6 Å². The van der Waals surface area contributed by atoms with Gasteiger partial charge in [-0.25, -0.2) is 0 Å². The zero-order chi connectivity index (χ0) is 20.1. The molecule has 0 amide bonds.